The van der Waals surface area contributed by atoms with Crippen molar-refractivity contribution < 1.29 is 9.90 Å². The van der Waals surface area contributed by atoms with E-state index in [0.29, 0.717) is 12.4 Å². The van der Waals surface area contributed by atoms with Gasteiger partial charge in [0.25, 0.3) is 0 Å². The normalized spacial score (nSPS) is 11.2. The number of anilines is 1. The topological polar surface area (TPSA) is 70.4 Å². The zero-order chi connectivity index (χ0) is 12.8. The Balaban J connectivity index is 2.53. The van der Waals surface area contributed by atoms with Gasteiger partial charge in [0, 0.05) is 18.7 Å². The van der Waals surface area contributed by atoms with Gasteiger partial charge in [-0.05, 0) is 20.9 Å². The molecule has 6 nitrogen and oxygen atoms in total. The molecule has 0 saturated carbocycles. The van der Waals surface area contributed by atoms with E-state index in [9.17, 15) is 4.79 Å². The van der Waals surface area contributed by atoms with Crippen molar-refractivity contribution >= 4 is 11.7 Å². The molecule has 0 bridgehead atoms. The molecule has 96 valence electrons. The number of amides is 1. The van der Waals surface area contributed by atoms with Crippen LogP contribution in [0.2, 0.25) is 0 Å². The van der Waals surface area contributed by atoms with Gasteiger partial charge in [0.2, 0.25) is 5.91 Å². The molecule has 1 amide bonds. The standard InChI is InChI=1S/C11H20N4O2/c1-9(2)15-10(4-5-12-15)13-11(17)8-14(3)6-7-16/h4-5,9,16H,6-8H2,1-3H3,(H,13,17). The first-order valence-electron chi connectivity index (χ1n) is 5.67. The molecule has 1 aromatic heterocycles. The van der Waals surface area contributed by atoms with Gasteiger partial charge in [0.15, 0.2) is 0 Å². The third-order valence-corrected chi connectivity index (χ3v) is 2.32. The van der Waals surface area contributed by atoms with Crippen LogP contribution in [0.5, 0.6) is 0 Å². The van der Waals surface area contributed by atoms with Gasteiger partial charge in [0.1, 0.15) is 5.82 Å². The summed E-state index contributed by atoms with van der Waals surface area (Å²) in [5, 5.41) is 15.7. The van der Waals surface area contributed by atoms with Gasteiger partial charge < -0.3 is 10.4 Å². The van der Waals surface area contributed by atoms with E-state index in [1.807, 2.05) is 13.8 Å². The number of likely N-dealkylation sites (N-methyl/N-ethyl adjacent to an activating group) is 1. The number of carbonyl (C=O) groups is 1. The van der Waals surface area contributed by atoms with Gasteiger partial charge in [0.05, 0.1) is 19.3 Å². The van der Waals surface area contributed by atoms with Crippen molar-refractivity contribution in [3.05, 3.63) is 12.3 Å². The number of hydrogen-bond acceptors (Lipinski definition) is 4. The summed E-state index contributed by atoms with van der Waals surface area (Å²) in [6.45, 7) is 4.79. The van der Waals surface area contributed by atoms with Crippen molar-refractivity contribution in [1.82, 2.24) is 14.7 Å². The van der Waals surface area contributed by atoms with Crippen molar-refractivity contribution in [2.75, 3.05) is 32.1 Å². The van der Waals surface area contributed by atoms with E-state index in [2.05, 4.69) is 10.4 Å². The second-order valence-corrected chi connectivity index (χ2v) is 4.26. The second-order valence-electron chi connectivity index (χ2n) is 4.26. The van der Waals surface area contributed by atoms with E-state index in [-0.39, 0.29) is 25.1 Å². The number of aliphatic hydroxyl groups is 1. The van der Waals surface area contributed by atoms with Crippen LogP contribution in [0.4, 0.5) is 5.82 Å². The predicted molar refractivity (Wildman–Crippen MR) is 65.8 cm³/mol. The van der Waals surface area contributed by atoms with Gasteiger partial charge in [-0.3, -0.25) is 9.69 Å². The minimum Gasteiger partial charge on any atom is -0.395 e. The van der Waals surface area contributed by atoms with E-state index < -0.39 is 0 Å². The van der Waals surface area contributed by atoms with Crippen LogP contribution in [0, 0.1) is 0 Å². The Bertz CT molecular complexity index is 362. The first kappa shape index (κ1) is 13.7. The molecule has 0 aliphatic heterocycles. The Morgan fingerprint density at radius 3 is 2.94 bits per heavy atom. The molecule has 17 heavy (non-hydrogen) atoms. The quantitative estimate of drug-likeness (QED) is 0.751. The smallest absolute Gasteiger partial charge is 0.239 e. The Hall–Kier alpha value is -1.40. The molecule has 1 rings (SSSR count). The Morgan fingerprint density at radius 2 is 2.35 bits per heavy atom. The molecule has 0 aliphatic rings. The predicted octanol–water partition coefficient (Wildman–Crippen LogP) is 0.327. The maximum atomic E-state index is 11.7. The van der Waals surface area contributed by atoms with Crippen LogP contribution in [0.1, 0.15) is 19.9 Å². The van der Waals surface area contributed by atoms with Crippen LogP contribution in [0.15, 0.2) is 12.3 Å². The zero-order valence-corrected chi connectivity index (χ0v) is 10.6. The number of nitrogens with zero attached hydrogens (tertiary/aromatic N) is 3. The van der Waals surface area contributed by atoms with Gasteiger partial charge in [-0.1, -0.05) is 0 Å². The fourth-order valence-corrected chi connectivity index (χ4v) is 1.50. The summed E-state index contributed by atoms with van der Waals surface area (Å²) in [5.74, 6) is 0.589. The molecule has 6 heteroatoms. The SMILES string of the molecule is CC(C)n1nccc1NC(=O)CN(C)CCO. The van der Waals surface area contributed by atoms with Gasteiger partial charge in [-0.2, -0.15) is 5.10 Å². The highest BCUT2D eigenvalue weighted by molar-refractivity contribution is 5.91. The van der Waals surface area contributed by atoms with Crippen molar-refractivity contribution in [1.29, 1.82) is 0 Å². The minimum atomic E-state index is -0.108. The molecular weight excluding hydrogens is 220 g/mol. The van der Waals surface area contributed by atoms with Crippen molar-refractivity contribution in [2.45, 2.75) is 19.9 Å². The largest absolute Gasteiger partial charge is 0.395 e. The third-order valence-electron chi connectivity index (χ3n) is 2.32. The Labute approximate surface area is 101 Å². The summed E-state index contributed by atoms with van der Waals surface area (Å²) in [5.41, 5.74) is 0. The Kier molecular flexibility index (Phi) is 5.11. The van der Waals surface area contributed by atoms with E-state index in [0.717, 1.165) is 0 Å². The molecule has 0 atom stereocenters. The van der Waals surface area contributed by atoms with Gasteiger partial charge in [-0.25, -0.2) is 4.68 Å². The number of hydrogen-bond donors (Lipinski definition) is 2. The van der Waals surface area contributed by atoms with Gasteiger partial charge in [-0.15, -0.1) is 0 Å². The number of rotatable bonds is 6. The lowest BCUT2D eigenvalue weighted by molar-refractivity contribution is -0.117. The fourth-order valence-electron chi connectivity index (χ4n) is 1.50. The lowest BCUT2D eigenvalue weighted by atomic mass is 10.4. The van der Waals surface area contributed by atoms with Gasteiger partial charge >= 0.3 is 0 Å². The molecule has 1 heterocycles. The molecule has 0 radical (unpaired) electrons. The van der Waals surface area contributed by atoms with Crippen LogP contribution < -0.4 is 5.32 Å². The summed E-state index contributed by atoms with van der Waals surface area (Å²) in [4.78, 5) is 13.5. The molecule has 1 aromatic rings. The molecule has 2 N–H and O–H groups in total. The minimum absolute atomic E-state index is 0.0493. The zero-order valence-electron chi connectivity index (χ0n) is 10.6. The average Bonchev–Trinajstić information content (AvgIpc) is 2.65. The maximum Gasteiger partial charge on any atom is 0.239 e. The van der Waals surface area contributed by atoms with E-state index >= 15 is 0 Å². The molecule has 0 fully saturated rings. The van der Waals surface area contributed by atoms with Crippen LogP contribution >= 0.6 is 0 Å². The first-order valence-corrected chi connectivity index (χ1v) is 5.67. The highest BCUT2D eigenvalue weighted by Crippen LogP contribution is 2.12. The Morgan fingerprint density at radius 1 is 1.65 bits per heavy atom. The fraction of sp³-hybridized carbons (Fsp3) is 0.636. The monoisotopic (exact) mass is 240 g/mol. The van der Waals surface area contributed by atoms with Crippen molar-refractivity contribution in [3.63, 3.8) is 0 Å². The van der Waals surface area contributed by atoms with Crippen molar-refractivity contribution in [2.24, 2.45) is 0 Å². The number of aliphatic hydroxyl groups excluding tert-OH is 1. The van der Waals surface area contributed by atoms with Crippen LogP contribution in [0.3, 0.4) is 0 Å². The average molecular weight is 240 g/mol. The van der Waals surface area contributed by atoms with Crippen LogP contribution in [-0.4, -0.2) is 52.4 Å². The maximum absolute atomic E-state index is 11.7. The summed E-state index contributed by atoms with van der Waals surface area (Å²) in [7, 11) is 1.79. The van der Waals surface area contributed by atoms with Crippen molar-refractivity contribution in [3.8, 4) is 0 Å². The first-order chi connectivity index (χ1) is 8.04. The molecule has 0 saturated heterocycles. The lowest BCUT2D eigenvalue weighted by Crippen LogP contribution is -2.32. The van der Waals surface area contributed by atoms with E-state index in [1.165, 1.54) is 0 Å². The molecule has 0 aromatic carbocycles. The highest BCUT2D eigenvalue weighted by Gasteiger charge is 2.10. The number of nitrogens with one attached hydrogen (secondary N) is 1. The summed E-state index contributed by atoms with van der Waals surface area (Å²) >= 11 is 0. The molecular formula is C11H20N4O2. The summed E-state index contributed by atoms with van der Waals surface area (Å²) in [6.07, 6.45) is 1.66. The second kappa shape index (κ2) is 6.36. The van der Waals surface area contributed by atoms with E-state index in [4.69, 9.17) is 5.11 Å². The van der Waals surface area contributed by atoms with Crippen LogP contribution in [-0.2, 0) is 4.79 Å². The summed E-state index contributed by atoms with van der Waals surface area (Å²) < 4.78 is 1.75. The highest BCUT2D eigenvalue weighted by atomic mass is 16.3. The summed E-state index contributed by atoms with van der Waals surface area (Å²) in [6, 6.07) is 1.97. The molecule has 0 aliphatic carbocycles. The third kappa shape index (κ3) is 4.16. The number of carbonyl (C=O) groups excluding carboxylic acids is 1. The van der Waals surface area contributed by atoms with Crippen LogP contribution in [0.25, 0.3) is 0 Å². The number of aromatic nitrogens is 2. The lowest BCUT2D eigenvalue weighted by Gasteiger charge is -2.16. The molecule has 0 unspecified atom stereocenters. The van der Waals surface area contributed by atoms with E-state index in [1.54, 1.807) is 28.9 Å². The molecule has 0 spiro atoms.